The predicted octanol–water partition coefficient (Wildman–Crippen LogP) is 4.91. The molecule has 0 N–H and O–H groups in total. The van der Waals surface area contributed by atoms with Gasteiger partial charge in [0.15, 0.2) is 5.78 Å². The fraction of sp³-hybridized carbons (Fsp3) is 0.737. The molecule has 1 spiro atoms. The standard InChI is InChI=1S/C17H25NOS.C2H6/c1-5-13-14-12(15(20-13)11(2)3)10-17(16(14)19)6-8-18(4)9-7-17;1-2/h11H,5-10H2,1-4H3;1-2H3. The van der Waals surface area contributed by atoms with E-state index in [0.29, 0.717) is 11.7 Å². The van der Waals surface area contributed by atoms with Crippen LogP contribution in [0.3, 0.4) is 0 Å². The summed E-state index contributed by atoms with van der Waals surface area (Å²) in [7, 11) is 2.17. The average Bonchev–Trinajstić information content (AvgIpc) is 3.01. The van der Waals surface area contributed by atoms with Gasteiger partial charge in [0.2, 0.25) is 0 Å². The highest BCUT2D eigenvalue weighted by Gasteiger charge is 2.49. The van der Waals surface area contributed by atoms with Crippen LogP contribution in [0.1, 0.15) is 79.1 Å². The highest BCUT2D eigenvalue weighted by molar-refractivity contribution is 7.12. The molecule has 0 unspecified atom stereocenters. The van der Waals surface area contributed by atoms with E-state index in [0.717, 1.165) is 44.3 Å². The highest BCUT2D eigenvalue weighted by Crippen LogP contribution is 2.50. The van der Waals surface area contributed by atoms with E-state index in [2.05, 4.69) is 32.7 Å². The van der Waals surface area contributed by atoms with Gasteiger partial charge in [-0.25, -0.2) is 0 Å². The summed E-state index contributed by atoms with van der Waals surface area (Å²) in [4.78, 5) is 18.3. The number of fused-ring (bicyclic) bond motifs is 1. The Balaban J connectivity index is 0.000000847. The molecule has 124 valence electrons. The Hall–Kier alpha value is -0.670. The summed E-state index contributed by atoms with van der Waals surface area (Å²) >= 11 is 1.89. The van der Waals surface area contributed by atoms with Gasteiger partial charge < -0.3 is 4.90 Å². The van der Waals surface area contributed by atoms with Gasteiger partial charge in [-0.2, -0.15) is 0 Å². The second-order valence-corrected chi connectivity index (χ2v) is 7.98. The van der Waals surface area contributed by atoms with Crippen LogP contribution in [0.5, 0.6) is 0 Å². The molecule has 1 saturated heterocycles. The van der Waals surface area contributed by atoms with Gasteiger partial charge in [0.25, 0.3) is 0 Å². The Kier molecular flexibility index (Phi) is 5.50. The second kappa shape index (κ2) is 6.84. The summed E-state index contributed by atoms with van der Waals surface area (Å²) in [5.74, 6) is 1.02. The third-order valence-corrected chi connectivity index (χ3v) is 6.80. The first kappa shape index (κ1) is 17.7. The molecule has 0 aromatic carbocycles. The molecule has 3 heteroatoms. The molecule has 2 nitrogen and oxygen atoms in total. The zero-order valence-electron chi connectivity index (χ0n) is 15.1. The number of piperidine rings is 1. The van der Waals surface area contributed by atoms with Crippen molar-refractivity contribution in [2.45, 2.75) is 66.2 Å². The van der Waals surface area contributed by atoms with Crippen molar-refractivity contribution < 1.29 is 4.79 Å². The number of carbonyl (C=O) groups excluding carboxylic acids is 1. The molecular weight excluding hydrogens is 290 g/mol. The van der Waals surface area contributed by atoms with Crippen LogP contribution in [0, 0.1) is 5.41 Å². The molecule has 0 radical (unpaired) electrons. The normalized spacial score (nSPS) is 20.2. The molecule has 3 rings (SSSR count). The molecule has 1 aliphatic carbocycles. The zero-order chi connectivity index (χ0) is 16.5. The number of aryl methyl sites for hydroxylation is 1. The summed E-state index contributed by atoms with van der Waals surface area (Å²) in [5.41, 5.74) is 2.49. The molecular formula is C19H31NOS. The molecule has 0 atom stereocenters. The van der Waals surface area contributed by atoms with Crippen molar-refractivity contribution >= 4 is 17.1 Å². The van der Waals surface area contributed by atoms with E-state index in [1.165, 1.54) is 15.3 Å². The van der Waals surface area contributed by atoms with Crippen LogP contribution in [-0.2, 0) is 12.8 Å². The van der Waals surface area contributed by atoms with Crippen LogP contribution < -0.4 is 0 Å². The van der Waals surface area contributed by atoms with Crippen molar-refractivity contribution in [3.05, 3.63) is 20.9 Å². The first-order valence-electron chi connectivity index (χ1n) is 8.86. The Morgan fingerprint density at radius 3 is 2.32 bits per heavy atom. The Labute approximate surface area is 139 Å². The molecule has 0 bridgehead atoms. The number of thiophene rings is 1. The van der Waals surface area contributed by atoms with Gasteiger partial charge in [0, 0.05) is 20.7 Å². The van der Waals surface area contributed by atoms with Crippen LogP contribution >= 0.6 is 11.3 Å². The van der Waals surface area contributed by atoms with E-state index >= 15 is 0 Å². The summed E-state index contributed by atoms with van der Waals surface area (Å²) in [6.45, 7) is 12.8. The van der Waals surface area contributed by atoms with E-state index in [1.807, 2.05) is 25.2 Å². The number of likely N-dealkylation sites (tertiary alicyclic amines) is 1. The van der Waals surface area contributed by atoms with E-state index in [1.54, 1.807) is 0 Å². The molecule has 1 fully saturated rings. The number of rotatable bonds is 2. The van der Waals surface area contributed by atoms with Crippen LogP contribution in [0.2, 0.25) is 0 Å². The summed E-state index contributed by atoms with van der Waals surface area (Å²) in [6.07, 6.45) is 4.10. The summed E-state index contributed by atoms with van der Waals surface area (Å²) in [5, 5.41) is 0. The molecule has 22 heavy (non-hydrogen) atoms. The predicted molar refractivity (Wildman–Crippen MR) is 96.3 cm³/mol. The highest BCUT2D eigenvalue weighted by atomic mass is 32.1. The molecule has 1 aromatic heterocycles. The Bertz CT molecular complexity index is 536. The summed E-state index contributed by atoms with van der Waals surface area (Å²) in [6, 6.07) is 0. The molecule has 1 aliphatic heterocycles. The second-order valence-electron chi connectivity index (χ2n) is 6.84. The van der Waals surface area contributed by atoms with Crippen LogP contribution in [-0.4, -0.2) is 30.8 Å². The number of hydrogen-bond donors (Lipinski definition) is 0. The third kappa shape index (κ3) is 2.78. The fourth-order valence-corrected chi connectivity index (χ4v) is 5.09. The molecule has 1 aromatic rings. The van der Waals surface area contributed by atoms with Gasteiger partial charge in [-0.15, -0.1) is 11.3 Å². The van der Waals surface area contributed by atoms with Crippen molar-refractivity contribution in [1.29, 1.82) is 0 Å². The smallest absolute Gasteiger partial charge is 0.170 e. The Morgan fingerprint density at radius 1 is 1.23 bits per heavy atom. The SMILES string of the molecule is CC.CCc1sc(C(C)C)c2c1C(=O)C1(CCN(C)CC1)C2. The van der Waals surface area contributed by atoms with E-state index in [-0.39, 0.29) is 5.41 Å². The minimum Gasteiger partial charge on any atom is -0.306 e. The largest absolute Gasteiger partial charge is 0.306 e. The lowest BCUT2D eigenvalue weighted by atomic mass is 9.75. The van der Waals surface area contributed by atoms with Crippen molar-refractivity contribution in [2.75, 3.05) is 20.1 Å². The number of nitrogens with zero attached hydrogens (tertiary/aromatic N) is 1. The van der Waals surface area contributed by atoms with Crippen molar-refractivity contribution in [2.24, 2.45) is 5.41 Å². The summed E-state index contributed by atoms with van der Waals surface area (Å²) < 4.78 is 0. The average molecular weight is 322 g/mol. The molecule has 0 amide bonds. The number of carbonyl (C=O) groups is 1. The maximum atomic E-state index is 13.1. The van der Waals surface area contributed by atoms with E-state index < -0.39 is 0 Å². The minimum absolute atomic E-state index is 0.0568. The van der Waals surface area contributed by atoms with Gasteiger partial charge in [0.05, 0.1) is 0 Å². The van der Waals surface area contributed by atoms with E-state index in [9.17, 15) is 4.79 Å². The van der Waals surface area contributed by atoms with Gasteiger partial charge in [-0.3, -0.25) is 4.79 Å². The lowest BCUT2D eigenvalue weighted by molar-refractivity contribution is 0.0670. The van der Waals surface area contributed by atoms with Gasteiger partial charge >= 0.3 is 0 Å². The Morgan fingerprint density at radius 2 is 1.82 bits per heavy atom. The number of ketones is 1. The monoisotopic (exact) mass is 321 g/mol. The van der Waals surface area contributed by atoms with Crippen LogP contribution in [0.4, 0.5) is 0 Å². The van der Waals surface area contributed by atoms with Gasteiger partial charge in [-0.05, 0) is 57.3 Å². The lowest BCUT2D eigenvalue weighted by Crippen LogP contribution is -2.41. The lowest BCUT2D eigenvalue weighted by Gasteiger charge is -2.36. The molecule has 0 saturated carbocycles. The minimum atomic E-state index is -0.0568. The van der Waals surface area contributed by atoms with Crippen molar-refractivity contribution in [3.63, 3.8) is 0 Å². The van der Waals surface area contributed by atoms with Gasteiger partial charge in [-0.1, -0.05) is 34.6 Å². The molecule has 2 heterocycles. The zero-order valence-corrected chi connectivity index (χ0v) is 15.9. The quantitative estimate of drug-likeness (QED) is 0.771. The van der Waals surface area contributed by atoms with Gasteiger partial charge in [0.1, 0.15) is 0 Å². The fourth-order valence-electron chi connectivity index (χ4n) is 3.83. The third-order valence-electron chi connectivity index (χ3n) is 5.12. The number of hydrogen-bond acceptors (Lipinski definition) is 3. The van der Waals surface area contributed by atoms with Crippen molar-refractivity contribution in [3.8, 4) is 0 Å². The van der Waals surface area contributed by atoms with Crippen LogP contribution in [0.15, 0.2) is 0 Å². The van der Waals surface area contributed by atoms with Crippen LogP contribution in [0.25, 0.3) is 0 Å². The number of Topliss-reactive ketones (excluding diaryl/α,β-unsaturated/α-hetero) is 1. The first-order valence-corrected chi connectivity index (χ1v) is 9.68. The maximum Gasteiger partial charge on any atom is 0.170 e. The molecule has 2 aliphatic rings. The van der Waals surface area contributed by atoms with Crippen molar-refractivity contribution in [1.82, 2.24) is 4.90 Å². The topological polar surface area (TPSA) is 20.3 Å². The maximum absolute atomic E-state index is 13.1. The van der Waals surface area contributed by atoms with E-state index in [4.69, 9.17) is 0 Å². The first-order chi connectivity index (χ1) is 10.5.